The first kappa shape index (κ1) is 12.5. The third-order valence-corrected chi connectivity index (χ3v) is 3.20. The van der Waals surface area contributed by atoms with Crippen molar-refractivity contribution in [2.75, 3.05) is 6.54 Å². The van der Waals surface area contributed by atoms with Crippen molar-refractivity contribution in [2.45, 2.75) is 40.3 Å². The van der Waals surface area contributed by atoms with E-state index in [0.717, 1.165) is 23.8 Å². The molecular formula is C11H20ClN3. The molecule has 1 heterocycles. The molecule has 1 N–H and O–H groups in total. The van der Waals surface area contributed by atoms with Gasteiger partial charge in [0.15, 0.2) is 0 Å². The number of nitrogens with zero attached hydrogens (tertiary/aromatic N) is 2. The summed E-state index contributed by atoms with van der Waals surface area (Å²) in [4.78, 5) is 0. The zero-order chi connectivity index (χ0) is 11.4. The van der Waals surface area contributed by atoms with Crippen LogP contribution in [0.4, 0.5) is 0 Å². The second kappa shape index (κ2) is 5.52. The van der Waals surface area contributed by atoms with Gasteiger partial charge in [0.05, 0.1) is 23.5 Å². The van der Waals surface area contributed by atoms with Gasteiger partial charge in [0, 0.05) is 12.6 Å². The summed E-state index contributed by atoms with van der Waals surface area (Å²) in [6.07, 6.45) is 1.70. The van der Waals surface area contributed by atoms with Gasteiger partial charge in [-0.25, -0.2) is 0 Å². The maximum Gasteiger partial charge on any atom is 0.0814 e. The molecule has 1 atom stereocenters. The lowest BCUT2D eigenvalue weighted by Gasteiger charge is -2.17. The molecule has 0 saturated carbocycles. The quantitative estimate of drug-likeness (QED) is 0.841. The Labute approximate surface area is 96.8 Å². The predicted molar refractivity (Wildman–Crippen MR) is 64.3 cm³/mol. The summed E-state index contributed by atoms with van der Waals surface area (Å²) in [5.74, 6) is 0.660. The molecule has 0 aliphatic carbocycles. The lowest BCUT2D eigenvalue weighted by Crippen LogP contribution is -2.33. The van der Waals surface area contributed by atoms with Crippen LogP contribution in [0.2, 0.25) is 5.02 Å². The summed E-state index contributed by atoms with van der Waals surface area (Å²) in [5.41, 5.74) is 1.04. The Morgan fingerprint density at radius 2 is 2.13 bits per heavy atom. The average molecular weight is 230 g/mol. The zero-order valence-electron chi connectivity index (χ0n) is 9.92. The molecule has 0 aromatic carbocycles. The maximum absolute atomic E-state index is 5.92. The summed E-state index contributed by atoms with van der Waals surface area (Å²) in [5, 5.41) is 8.41. The van der Waals surface area contributed by atoms with Crippen LogP contribution in [0, 0.1) is 12.8 Å². The summed E-state index contributed by atoms with van der Waals surface area (Å²) < 4.78 is 1.93. The normalized spacial score (nSPS) is 13.5. The average Bonchev–Trinajstić information content (AvgIpc) is 2.49. The molecule has 0 amide bonds. The van der Waals surface area contributed by atoms with E-state index in [2.05, 4.69) is 31.2 Å². The van der Waals surface area contributed by atoms with Crippen LogP contribution < -0.4 is 5.32 Å². The van der Waals surface area contributed by atoms with Crippen molar-refractivity contribution in [1.82, 2.24) is 15.1 Å². The van der Waals surface area contributed by atoms with Gasteiger partial charge < -0.3 is 5.32 Å². The van der Waals surface area contributed by atoms with Gasteiger partial charge in [0.2, 0.25) is 0 Å². The highest BCUT2D eigenvalue weighted by molar-refractivity contribution is 6.31. The van der Waals surface area contributed by atoms with Gasteiger partial charge in [0.25, 0.3) is 0 Å². The van der Waals surface area contributed by atoms with E-state index in [4.69, 9.17) is 11.6 Å². The number of rotatable bonds is 5. The molecule has 0 aliphatic rings. The summed E-state index contributed by atoms with van der Waals surface area (Å²) in [7, 11) is 0. The largest absolute Gasteiger partial charge is 0.312 e. The number of hydrogen-bond acceptors (Lipinski definition) is 2. The SMILES string of the molecule is Cc1c(Cl)cnn1CCNC(C)C(C)C. The lowest BCUT2D eigenvalue weighted by atomic mass is 10.1. The Morgan fingerprint density at radius 1 is 1.47 bits per heavy atom. The number of nitrogens with one attached hydrogen (secondary N) is 1. The van der Waals surface area contributed by atoms with Crippen molar-refractivity contribution >= 4 is 11.6 Å². The van der Waals surface area contributed by atoms with Crippen molar-refractivity contribution in [2.24, 2.45) is 5.92 Å². The molecule has 1 aromatic heterocycles. The van der Waals surface area contributed by atoms with Crippen LogP contribution in [-0.2, 0) is 6.54 Å². The zero-order valence-corrected chi connectivity index (χ0v) is 10.7. The van der Waals surface area contributed by atoms with Crippen LogP contribution in [0.25, 0.3) is 0 Å². The minimum Gasteiger partial charge on any atom is -0.312 e. The molecule has 4 heteroatoms. The third kappa shape index (κ3) is 3.50. The van der Waals surface area contributed by atoms with E-state index in [0.29, 0.717) is 12.0 Å². The fraction of sp³-hybridized carbons (Fsp3) is 0.727. The fourth-order valence-corrected chi connectivity index (χ4v) is 1.42. The fourth-order valence-electron chi connectivity index (χ4n) is 1.28. The van der Waals surface area contributed by atoms with E-state index >= 15 is 0 Å². The number of aromatic nitrogens is 2. The molecule has 15 heavy (non-hydrogen) atoms. The number of halogens is 1. The molecule has 0 saturated heterocycles. The smallest absolute Gasteiger partial charge is 0.0814 e. The van der Waals surface area contributed by atoms with Gasteiger partial charge in [-0.05, 0) is 19.8 Å². The van der Waals surface area contributed by atoms with Gasteiger partial charge in [-0.15, -0.1) is 0 Å². The Bertz CT molecular complexity index is 307. The van der Waals surface area contributed by atoms with Gasteiger partial charge in [-0.3, -0.25) is 4.68 Å². The molecule has 3 nitrogen and oxygen atoms in total. The van der Waals surface area contributed by atoms with Crippen molar-refractivity contribution < 1.29 is 0 Å². The van der Waals surface area contributed by atoms with Gasteiger partial charge >= 0.3 is 0 Å². The Hall–Kier alpha value is -0.540. The Morgan fingerprint density at radius 3 is 2.60 bits per heavy atom. The second-order valence-corrected chi connectivity index (χ2v) is 4.70. The molecule has 0 aliphatic heterocycles. The van der Waals surface area contributed by atoms with E-state index in [-0.39, 0.29) is 0 Å². The molecule has 86 valence electrons. The summed E-state index contributed by atoms with van der Waals surface area (Å²) in [6.45, 7) is 10.4. The molecule has 0 bridgehead atoms. The van der Waals surface area contributed by atoms with Crippen LogP contribution in [0.1, 0.15) is 26.5 Å². The molecule has 0 radical (unpaired) electrons. The summed E-state index contributed by atoms with van der Waals surface area (Å²) >= 11 is 5.92. The van der Waals surface area contributed by atoms with Crippen molar-refractivity contribution in [1.29, 1.82) is 0 Å². The lowest BCUT2D eigenvalue weighted by molar-refractivity contribution is 0.409. The third-order valence-electron chi connectivity index (χ3n) is 2.83. The first-order valence-electron chi connectivity index (χ1n) is 5.43. The van der Waals surface area contributed by atoms with Gasteiger partial charge in [0.1, 0.15) is 0 Å². The molecule has 1 unspecified atom stereocenters. The topological polar surface area (TPSA) is 29.9 Å². The summed E-state index contributed by atoms with van der Waals surface area (Å²) in [6, 6.07) is 0.538. The molecular weight excluding hydrogens is 210 g/mol. The molecule has 0 spiro atoms. The van der Waals surface area contributed by atoms with Crippen LogP contribution in [-0.4, -0.2) is 22.4 Å². The standard InChI is InChI=1S/C11H20ClN3/c1-8(2)9(3)13-5-6-15-10(4)11(12)7-14-15/h7-9,13H,5-6H2,1-4H3. The first-order chi connectivity index (χ1) is 7.02. The van der Waals surface area contributed by atoms with E-state index < -0.39 is 0 Å². The highest BCUT2D eigenvalue weighted by Crippen LogP contribution is 2.12. The van der Waals surface area contributed by atoms with Gasteiger partial charge in [-0.1, -0.05) is 25.4 Å². The molecule has 0 fully saturated rings. The van der Waals surface area contributed by atoms with Crippen LogP contribution in [0.5, 0.6) is 0 Å². The number of hydrogen-bond donors (Lipinski definition) is 1. The van der Waals surface area contributed by atoms with Crippen LogP contribution in [0.15, 0.2) is 6.20 Å². The van der Waals surface area contributed by atoms with E-state index in [9.17, 15) is 0 Å². The van der Waals surface area contributed by atoms with Crippen molar-refractivity contribution in [3.8, 4) is 0 Å². The van der Waals surface area contributed by atoms with E-state index in [1.165, 1.54) is 0 Å². The minimum atomic E-state index is 0.538. The Balaban J connectivity index is 2.35. The van der Waals surface area contributed by atoms with Crippen LogP contribution in [0.3, 0.4) is 0 Å². The first-order valence-corrected chi connectivity index (χ1v) is 5.81. The van der Waals surface area contributed by atoms with Crippen LogP contribution >= 0.6 is 11.6 Å². The minimum absolute atomic E-state index is 0.538. The maximum atomic E-state index is 5.92. The van der Waals surface area contributed by atoms with Gasteiger partial charge in [-0.2, -0.15) is 5.10 Å². The Kier molecular flexibility index (Phi) is 4.61. The monoisotopic (exact) mass is 229 g/mol. The van der Waals surface area contributed by atoms with Crippen molar-refractivity contribution in [3.63, 3.8) is 0 Å². The van der Waals surface area contributed by atoms with E-state index in [1.807, 2.05) is 11.6 Å². The molecule has 1 aromatic rings. The highest BCUT2D eigenvalue weighted by Gasteiger charge is 2.07. The molecule has 1 rings (SSSR count). The van der Waals surface area contributed by atoms with E-state index in [1.54, 1.807) is 6.20 Å². The highest BCUT2D eigenvalue weighted by atomic mass is 35.5. The van der Waals surface area contributed by atoms with Crippen molar-refractivity contribution in [3.05, 3.63) is 16.9 Å². The predicted octanol–water partition coefficient (Wildman–Crippen LogP) is 2.48. The second-order valence-electron chi connectivity index (χ2n) is 4.29.